The topological polar surface area (TPSA) is 91.8 Å². The van der Waals surface area contributed by atoms with Gasteiger partial charge in [0.2, 0.25) is 11.8 Å². The number of amides is 2. The number of aromatic nitrogens is 1. The van der Waals surface area contributed by atoms with Crippen LogP contribution in [0.1, 0.15) is 36.5 Å². The lowest BCUT2D eigenvalue weighted by atomic mass is 9.85. The van der Waals surface area contributed by atoms with Crippen LogP contribution in [0.4, 0.5) is 5.69 Å². The molecule has 152 valence electrons. The van der Waals surface area contributed by atoms with E-state index in [-0.39, 0.29) is 30.9 Å². The molecule has 2 fully saturated rings. The largest absolute Gasteiger partial charge is 0.394 e. The van der Waals surface area contributed by atoms with Gasteiger partial charge in [-0.05, 0) is 42.2 Å². The number of nitrogens with one attached hydrogen (secondary N) is 1. The molecule has 1 aromatic heterocycles. The van der Waals surface area contributed by atoms with Crippen molar-refractivity contribution in [2.75, 3.05) is 18.5 Å². The van der Waals surface area contributed by atoms with Crippen molar-refractivity contribution in [1.29, 1.82) is 0 Å². The third-order valence-electron chi connectivity index (χ3n) is 5.70. The van der Waals surface area contributed by atoms with Gasteiger partial charge in [-0.15, -0.1) is 0 Å². The molecule has 0 spiro atoms. The Kier molecular flexibility index (Phi) is 5.87. The van der Waals surface area contributed by atoms with Gasteiger partial charge in [-0.1, -0.05) is 24.6 Å². The van der Waals surface area contributed by atoms with Crippen molar-refractivity contribution in [3.63, 3.8) is 0 Å². The summed E-state index contributed by atoms with van der Waals surface area (Å²) in [6.07, 6.45) is 5.99. The lowest BCUT2D eigenvalue weighted by molar-refractivity contribution is -0.162. The van der Waals surface area contributed by atoms with Gasteiger partial charge >= 0.3 is 0 Å². The minimum Gasteiger partial charge on any atom is -0.394 e. The van der Waals surface area contributed by atoms with Crippen LogP contribution in [0, 0.1) is 5.92 Å². The molecular weight excluding hydrogens is 370 g/mol. The fourth-order valence-electron chi connectivity index (χ4n) is 3.78. The van der Waals surface area contributed by atoms with Gasteiger partial charge in [-0.3, -0.25) is 14.6 Å². The van der Waals surface area contributed by atoms with Gasteiger partial charge in [0.1, 0.15) is 12.7 Å². The molecule has 0 bridgehead atoms. The smallest absolute Gasteiger partial charge is 0.249 e. The van der Waals surface area contributed by atoms with Crippen molar-refractivity contribution in [2.24, 2.45) is 5.92 Å². The highest BCUT2D eigenvalue weighted by atomic mass is 16.5. The van der Waals surface area contributed by atoms with Crippen LogP contribution in [-0.2, 0) is 20.9 Å². The summed E-state index contributed by atoms with van der Waals surface area (Å²) in [5, 5.41) is 13.0. The molecule has 7 nitrogen and oxygen atoms in total. The number of hydrogen-bond acceptors (Lipinski definition) is 5. The second-order valence-electron chi connectivity index (χ2n) is 7.60. The molecule has 2 unspecified atom stereocenters. The van der Waals surface area contributed by atoms with Crippen molar-refractivity contribution >= 4 is 17.5 Å². The Hall–Kier alpha value is -2.77. The summed E-state index contributed by atoms with van der Waals surface area (Å²) in [6, 6.07) is 10.7. The second kappa shape index (κ2) is 8.71. The zero-order chi connectivity index (χ0) is 20.2. The highest BCUT2D eigenvalue weighted by Crippen LogP contribution is 2.31. The number of carbonyl (C=O) groups excluding carboxylic acids is 2. The fourth-order valence-corrected chi connectivity index (χ4v) is 3.78. The van der Waals surface area contributed by atoms with Crippen LogP contribution < -0.4 is 5.32 Å². The number of pyridine rings is 1. The van der Waals surface area contributed by atoms with Gasteiger partial charge < -0.3 is 20.1 Å². The van der Waals surface area contributed by atoms with Crippen molar-refractivity contribution in [3.05, 3.63) is 59.9 Å². The molecule has 2 atom stereocenters. The molecule has 2 aromatic rings. The average molecular weight is 395 g/mol. The number of aliphatic hydroxyl groups is 1. The molecule has 2 amide bonds. The number of nitrogens with zero attached hydrogens (tertiary/aromatic N) is 2. The van der Waals surface area contributed by atoms with Crippen LogP contribution in [0.5, 0.6) is 0 Å². The summed E-state index contributed by atoms with van der Waals surface area (Å²) in [5.74, 6) is 0.0371. The molecule has 2 aliphatic rings. The number of ether oxygens (including phenoxy) is 1. The summed E-state index contributed by atoms with van der Waals surface area (Å²) < 4.78 is 5.78. The first-order chi connectivity index (χ1) is 14.2. The maximum atomic E-state index is 12.4. The molecule has 1 aromatic carbocycles. The van der Waals surface area contributed by atoms with Gasteiger partial charge in [-0.25, -0.2) is 0 Å². The maximum absolute atomic E-state index is 12.4. The molecule has 0 radical (unpaired) electrons. The van der Waals surface area contributed by atoms with E-state index in [0.29, 0.717) is 6.54 Å². The van der Waals surface area contributed by atoms with E-state index in [9.17, 15) is 14.7 Å². The number of benzene rings is 1. The molecule has 7 heteroatoms. The Labute approximate surface area is 169 Å². The molecule has 1 aliphatic heterocycles. The molecule has 1 saturated heterocycles. The van der Waals surface area contributed by atoms with E-state index in [4.69, 9.17) is 4.74 Å². The van der Waals surface area contributed by atoms with Crippen LogP contribution in [0.2, 0.25) is 0 Å². The van der Waals surface area contributed by atoms with Gasteiger partial charge in [0.05, 0.1) is 12.6 Å². The zero-order valence-corrected chi connectivity index (χ0v) is 16.2. The highest BCUT2D eigenvalue weighted by Gasteiger charge is 2.37. The predicted molar refractivity (Wildman–Crippen MR) is 107 cm³/mol. The van der Waals surface area contributed by atoms with E-state index in [2.05, 4.69) is 10.3 Å². The molecule has 2 heterocycles. The van der Waals surface area contributed by atoms with E-state index in [0.717, 1.165) is 36.1 Å². The Balaban J connectivity index is 1.47. The van der Waals surface area contributed by atoms with Gasteiger partial charge in [0.15, 0.2) is 0 Å². The average Bonchev–Trinajstić information content (AvgIpc) is 2.69. The van der Waals surface area contributed by atoms with Gasteiger partial charge in [-0.2, -0.15) is 0 Å². The molecular formula is C22H25N3O4. The van der Waals surface area contributed by atoms with Crippen LogP contribution in [-0.4, -0.2) is 46.1 Å². The van der Waals surface area contributed by atoms with E-state index in [1.165, 1.54) is 0 Å². The summed E-state index contributed by atoms with van der Waals surface area (Å²) in [7, 11) is 0. The summed E-state index contributed by atoms with van der Waals surface area (Å²) in [5.41, 5.74) is 2.49. The number of morpholine rings is 1. The standard InChI is InChI=1S/C22H25N3O4/c26-13-19-21(29-14-20(27)25(19)12-15-3-2-10-23-11-15)16-6-8-18(9-7-16)24-22(28)17-4-1-5-17/h2-3,6-11,17,19,21,26H,1,4-5,12-14H2,(H,24,28). The zero-order valence-electron chi connectivity index (χ0n) is 16.2. The fraction of sp³-hybridized carbons (Fsp3) is 0.409. The van der Waals surface area contributed by atoms with E-state index >= 15 is 0 Å². The van der Waals surface area contributed by atoms with Crippen LogP contribution in [0.25, 0.3) is 0 Å². The second-order valence-corrected chi connectivity index (χ2v) is 7.60. The van der Waals surface area contributed by atoms with Crippen molar-refractivity contribution in [2.45, 2.75) is 38.0 Å². The minimum absolute atomic E-state index is 0.0401. The summed E-state index contributed by atoms with van der Waals surface area (Å²) in [6.45, 7) is 0.117. The number of aliphatic hydroxyl groups excluding tert-OH is 1. The first-order valence-corrected chi connectivity index (χ1v) is 9.97. The lowest BCUT2D eigenvalue weighted by Crippen LogP contribution is -2.52. The number of hydrogen-bond donors (Lipinski definition) is 2. The predicted octanol–water partition coefficient (Wildman–Crippen LogP) is 2.28. The van der Waals surface area contributed by atoms with E-state index in [1.807, 2.05) is 36.4 Å². The molecule has 2 N–H and O–H groups in total. The number of rotatable bonds is 6. The van der Waals surface area contributed by atoms with E-state index < -0.39 is 12.1 Å². The van der Waals surface area contributed by atoms with Crippen molar-refractivity contribution in [3.8, 4) is 0 Å². The number of carbonyl (C=O) groups is 2. The Morgan fingerprint density at radius 3 is 2.66 bits per heavy atom. The monoisotopic (exact) mass is 395 g/mol. The van der Waals surface area contributed by atoms with E-state index in [1.54, 1.807) is 17.3 Å². The third kappa shape index (κ3) is 4.31. The molecule has 1 saturated carbocycles. The Morgan fingerprint density at radius 1 is 1.24 bits per heavy atom. The summed E-state index contributed by atoms with van der Waals surface area (Å²) in [4.78, 5) is 30.3. The quantitative estimate of drug-likeness (QED) is 0.783. The first kappa shape index (κ1) is 19.5. The Morgan fingerprint density at radius 2 is 2.03 bits per heavy atom. The lowest BCUT2D eigenvalue weighted by Gasteiger charge is -2.40. The normalized spacial score (nSPS) is 22.2. The molecule has 1 aliphatic carbocycles. The van der Waals surface area contributed by atoms with Crippen LogP contribution in [0.3, 0.4) is 0 Å². The highest BCUT2D eigenvalue weighted by molar-refractivity contribution is 5.93. The molecule has 29 heavy (non-hydrogen) atoms. The summed E-state index contributed by atoms with van der Waals surface area (Å²) >= 11 is 0. The van der Waals surface area contributed by atoms with Crippen molar-refractivity contribution < 1.29 is 19.4 Å². The first-order valence-electron chi connectivity index (χ1n) is 9.97. The maximum Gasteiger partial charge on any atom is 0.249 e. The minimum atomic E-state index is -0.494. The van der Waals surface area contributed by atoms with Gasteiger partial charge in [0, 0.05) is 30.5 Å². The Bertz CT molecular complexity index is 852. The van der Waals surface area contributed by atoms with Crippen molar-refractivity contribution in [1.82, 2.24) is 9.88 Å². The van der Waals surface area contributed by atoms with Gasteiger partial charge in [0.25, 0.3) is 0 Å². The SMILES string of the molecule is O=C(Nc1ccc(C2OCC(=O)N(Cc3cccnc3)C2CO)cc1)C1CCC1. The molecule has 4 rings (SSSR count). The van der Waals surface area contributed by atoms with Crippen LogP contribution >= 0.6 is 0 Å². The number of anilines is 1. The third-order valence-corrected chi connectivity index (χ3v) is 5.70. The van der Waals surface area contributed by atoms with Crippen LogP contribution in [0.15, 0.2) is 48.8 Å².